The van der Waals surface area contributed by atoms with E-state index in [9.17, 15) is 8.42 Å². The number of hydrogen-bond donors (Lipinski definition) is 1. The fourth-order valence-electron chi connectivity index (χ4n) is 3.02. The van der Waals surface area contributed by atoms with Gasteiger partial charge in [-0.05, 0) is 30.5 Å². The Morgan fingerprint density at radius 2 is 2.13 bits per heavy atom. The van der Waals surface area contributed by atoms with E-state index in [2.05, 4.69) is 16.5 Å². The Morgan fingerprint density at radius 1 is 1.35 bits per heavy atom. The van der Waals surface area contributed by atoms with Gasteiger partial charge < -0.3 is 5.32 Å². The van der Waals surface area contributed by atoms with Crippen LogP contribution in [0.1, 0.15) is 24.8 Å². The summed E-state index contributed by atoms with van der Waals surface area (Å²) in [6, 6.07) is 9.82. The van der Waals surface area contributed by atoms with Crippen LogP contribution in [0.25, 0.3) is 0 Å². The monoisotopic (exact) mass is 353 g/mol. The first-order valence-corrected chi connectivity index (χ1v) is 10.0. The van der Waals surface area contributed by atoms with Gasteiger partial charge in [0, 0.05) is 35.5 Å². The van der Waals surface area contributed by atoms with Gasteiger partial charge >= 0.3 is 0 Å². The maximum Gasteiger partial charge on any atom is 0.167 e. The summed E-state index contributed by atoms with van der Waals surface area (Å²) >= 11 is 6.12. The highest BCUT2D eigenvalue weighted by atomic mass is 35.5. The maximum absolute atomic E-state index is 11.3. The molecule has 5 nitrogen and oxygen atoms in total. The zero-order valence-corrected chi connectivity index (χ0v) is 14.6. The molecule has 2 aromatic rings. The Labute approximate surface area is 141 Å². The number of halogens is 1. The van der Waals surface area contributed by atoms with Gasteiger partial charge in [0.2, 0.25) is 0 Å². The van der Waals surface area contributed by atoms with E-state index in [0.29, 0.717) is 5.82 Å². The van der Waals surface area contributed by atoms with E-state index in [1.807, 2.05) is 18.2 Å². The molecule has 7 heteroatoms. The first-order valence-electron chi connectivity index (χ1n) is 7.57. The molecule has 1 fully saturated rings. The second kappa shape index (κ2) is 6.17. The summed E-state index contributed by atoms with van der Waals surface area (Å²) in [6.07, 6.45) is 6.31. The highest BCUT2D eigenvalue weighted by molar-refractivity contribution is 7.89. The molecule has 1 aromatic heterocycles. The summed E-state index contributed by atoms with van der Waals surface area (Å²) in [5.41, 5.74) is 1.34. The van der Waals surface area contributed by atoms with Crippen molar-refractivity contribution in [3.05, 3.63) is 47.1 Å². The van der Waals surface area contributed by atoms with Crippen LogP contribution in [-0.4, -0.2) is 31.0 Å². The molecule has 1 saturated carbocycles. The van der Waals surface area contributed by atoms with Crippen molar-refractivity contribution in [3.63, 3.8) is 0 Å². The minimum Gasteiger partial charge on any atom is -0.368 e. The lowest BCUT2D eigenvalue weighted by Gasteiger charge is -2.42. The van der Waals surface area contributed by atoms with E-state index in [1.54, 1.807) is 12.3 Å². The molecule has 1 aliphatic rings. The largest absolute Gasteiger partial charge is 0.368 e. The number of nitrogens with zero attached hydrogens (tertiary/aromatic N) is 2. The lowest BCUT2D eigenvalue weighted by Crippen LogP contribution is -2.41. The van der Waals surface area contributed by atoms with Gasteiger partial charge in [-0.2, -0.15) is 5.10 Å². The van der Waals surface area contributed by atoms with Gasteiger partial charge in [0.1, 0.15) is 11.7 Å². The fraction of sp³-hybridized carbons (Fsp3) is 0.438. The highest BCUT2D eigenvalue weighted by Crippen LogP contribution is 2.44. The fourth-order valence-corrected chi connectivity index (χ4v) is 3.83. The smallest absolute Gasteiger partial charge is 0.167 e. The molecule has 124 valence electrons. The van der Waals surface area contributed by atoms with E-state index in [0.717, 1.165) is 24.4 Å². The molecule has 23 heavy (non-hydrogen) atoms. The van der Waals surface area contributed by atoms with Gasteiger partial charge in [-0.3, -0.25) is 4.68 Å². The third-order valence-electron chi connectivity index (χ3n) is 4.36. The van der Waals surface area contributed by atoms with Crippen molar-refractivity contribution >= 4 is 27.3 Å². The highest BCUT2D eigenvalue weighted by Gasteiger charge is 2.38. The van der Waals surface area contributed by atoms with E-state index in [1.165, 1.54) is 22.9 Å². The quantitative estimate of drug-likeness (QED) is 0.866. The van der Waals surface area contributed by atoms with Gasteiger partial charge in [-0.25, -0.2) is 8.42 Å². The van der Waals surface area contributed by atoms with Crippen LogP contribution in [0, 0.1) is 0 Å². The molecule has 0 spiro atoms. The molecular formula is C16H20ClN3O2S. The van der Waals surface area contributed by atoms with Crippen LogP contribution < -0.4 is 5.32 Å². The van der Waals surface area contributed by atoms with Crippen molar-refractivity contribution in [3.8, 4) is 0 Å². The molecule has 0 aliphatic heterocycles. The molecule has 1 aliphatic carbocycles. The van der Waals surface area contributed by atoms with Crippen LogP contribution >= 0.6 is 11.6 Å². The van der Waals surface area contributed by atoms with Gasteiger partial charge in [0.05, 0.1) is 0 Å². The lowest BCUT2D eigenvalue weighted by molar-refractivity contribution is 0.260. The third-order valence-corrected chi connectivity index (χ3v) is 5.33. The number of sulfone groups is 1. The van der Waals surface area contributed by atoms with Crippen LogP contribution in [0.3, 0.4) is 0 Å². The molecular weight excluding hydrogens is 334 g/mol. The van der Waals surface area contributed by atoms with Crippen molar-refractivity contribution in [1.29, 1.82) is 0 Å². The molecule has 0 radical (unpaired) electrons. The molecule has 0 saturated heterocycles. The Bertz CT molecular complexity index is 797. The van der Waals surface area contributed by atoms with Crippen LogP contribution in [0.5, 0.6) is 0 Å². The molecule has 1 N–H and O–H groups in total. The number of aromatic nitrogens is 2. The van der Waals surface area contributed by atoms with Crippen molar-refractivity contribution in [1.82, 2.24) is 9.78 Å². The number of rotatable bonds is 6. The zero-order chi connectivity index (χ0) is 16.5. The SMILES string of the molecule is CS(=O)(=O)Cn1ccc(NCC2(c3cccc(Cl)c3)CCC2)n1. The number of anilines is 1. The van der Waals surface area contributed by atoms with Gasteiger partial charge in [-0.1, -0.05) is 30.2 Å². The van der Waals surface area contributed by atoms with Crippen molar-refractivity contribution in [2.45, 2.75) is 30.6 Å². The van der Waals surface area contributed by atoms with Crippen LogP contribution in [0.4, 0.5) is 5.82 Å². The molecule has 3 rings (SSSR count). The Kier molecular flexibility index (Phi) is 4.38. The zero-order valence-electron chi connectivity index (χ0n) is 13.0. The second-order valence-corrected chi connectivity index (χ2v) is 8.84. The summed E-state index contributed by atoms with van der Waals surface area (Å²) in [5, 5.41) is 8.37. The minimum atomic E-state index is -3.09. The Balaban J connectivity index is 1.69. The normalized spacial score (nSPS) is 16.8. The lowest BCUT2D eigenvalue weighted by atomic mass is 9.64. The Hall–Kier alpha value is -1.53. The summed E-state index contributed by atoms with van der Waals surface area (Å²) in [4.78, 5) is 0. The summed E-state index contributed by atoms with van der Waals surface area (Å²) in [7, 11) is -3.09. The average Bonchev–Trinajstić information content (AvgIpc) is 2.83. The predicted octanol–water partition coefficient (Wildman–Crippen LogP) is 3.07. The number of hydrogen-bond acceptors (Lipinski definition) is 4. The van der Waals surface area contributed by atoms with Gasteiger partial charge in [0.15, 0.2) is 9.84 Å². The second-order valence-electron chi connectivity index (χ2n) is 6.29. The van der Waals surface area contributed by atoms with Gasteiger partial charge in [-0.15, -0.1) is 0 Å². The minimum absolute atomic E-state index is 0.0888. The summed E-state index contributed by atoms with van der Waals surface area (Å²) in [6.45, 7) is 0.767. The molecule has 1 heterocycles. The summed E-state index contributed by atoms with van der Waals surface area (Å²) < 4.78 is 24.0. The first kappa shape index (κ1) is 16.3. The number of nitrogens with one attached hydrogen (secondary N) is 1. The standard InChI is InChI=1S/C16H20ClN3O2S/c1-23(21,22)12-20-9-6-15(19-20)18-11-16(7-3-8-16)13-4-2-5-14(17)10-13/h2,4-6,9-10H,3,7-8,11-12H2,1H3,(H,18,19). The van der Waals surface area contributed by atoms with Crippen LogP contribution in [-0.2, 0) is 21.1 Å². The van der Waals surface area contributed by atoms with Crippen molar-refractivity contribution < 1.29 is 8.42 Å². The first-order chi connectivity index (χ1) is 10.9. The van der Waals surface area contributed by atoms with Gasteiger partial charge in [0.25, 0.3) is 0 Å². The average molecular weight is 354 g/mol. The molecule has 1 aromatic carbocycles. The maximum atomic E-state index is 11.3. The molecule has 0 atom stereocenters. The topological polar surface area (TPSA) is 64.0 Å². The van der Waals surface area contributed by atoms with Crippen molar-refractivity contribution in [2.75, 3.05) is 18.1 Å². The predicted molar refractivity (Wildman–Crippen MR) is 92.5 cm³/mol. The van der Waals surface area contributed by atoms with Crippen LogP contribution in [0.2, 0.25) is 5.02 Å². The third kappa shape index (κ3) is 3.87. The van der Waals surface area contributed by atoms with Crippen molar-refractivity contribution in [2.24, 2.45) is 0 Å². The number of benzene rings is 1. The van der Waals surface area contributed by atoms with Crippen LogP contribution in [0.15, 0.2) is 36.5 Å². The molecule has 0 bridgehead atoms. The van der Waals surface area contributed by atoms with E-state index >= 15 is 0 Å². The van der Waals surface area contributed by atoms with E-state index in [4.69, 9.17) is 11.6 Å². The van der Waals surface area contributed by atoms with E-state index < -0.39 is 9.84 Å². The van der Waals surface area contributed by atoms with E-state index in [-0.39, 0.29) is 11.3 Å². The Morgan fingerprint density at radius 3 is 2.74 bits per heavy atom. The molecule has 0 amide bonds. The summed E-state index contributed by atoms with van der Waals surface area (Å²) in [5.74, 6) is 0.593. The molecule has 0 unspecified atom stereocenters.